The number of pyridine rings is 1. The molecule has 7 heteroatoms. The average Bonchev–Trinajstić information content (AvgIpc) is 2.58. The van der Waals surface area contributed by atoms with Crippen LogP contribution in [-0.4, -0.2) is 30.3 Å². The van der Waals surface area contributed by atoms with Crippen molar-refractivity contribution in [1.82, 2.24) is 4.98 Å². The third-order valence-electron chi connectivity index (χ3n) is 4.28. The molecule has 1 unspecified atom stereocenters. The number of hydrogen-bond acceptors (Lipinski definition) is 6. The van der Waals surface area contributed by atoms with Gasteiger partial charge in [0.25, 0.3) is 0 Å². The van der Waals surface area contributed by atoms with E-state index in [0.29, 0.717) is 18.1 Å². The SMILES string of the molecule is Cc1ccc(Nc2nccc(N3CCCC(OC(N)=O)C3)c2N)cc1. The maximum atomic E-state index is 11.0. The van der Waals surface area contributed by atoms with Gasteiger partial charge in [0.15, 0.2) is 5.82 Å². The van der Waals surface area contributed by atoms with Gasteiger partial charge in [0.05, 0.1) is 17.9 Å². The summed E-state index contributed by atoms with van der Waals surface area (Å²) >= 11 is 0. The number of nitrogens with zero attached hydrogens (tertiary/aromatic N) is 2. The topological polar surface area (TPSA) is 106 Å². The molecule has 7 nitrogen and oxygen atoms in total. The molecule has 0 saturated carbocycles. The van der Waals surface area contributed by atoms with Crippen LogP contribution in [0.4, 0.5) is 27.7 Å². The van der Waals surface area contributed by atoms with Gasteiger partial charge in [0.2, 0.25) is 0 Å². The number of aryl methyl sites for hydroxylation is 1. The third kappa shape index (κ3) is 4.12. The highest BCUT2D eigenvalue weighted by Gasteiger charge is 2.24. The Morgan fingerprint density at radius 2 is 2.08 bits per heavy atom. The number of benzene rings is 1. The Morgan fingerprint density at radius 3 is 2.80 bits per heavy atom. The van der Waals surface area contributed by atoms with Gasteiger partial charge in [-0.15, -0.1) is 0 Å². The molecule has 1 aromatic carbocycles. The van der Waals surface area contributed by atoms with Crippen molar-refractivity contribution in [2.45, 2.75) is 25.9 Å². The number of hydrogen-bond donors (Lipinski definition) is 3. The van der Waals surface area contributed by atoms with E-state index >= 15 is 0 Å². The molecule has 1 aromatic heterocycles. The van der Waals surface area contributed by atoms with E-state index in [1.807, 2.05) is 37.3 Å². The van der Waals surface area contributed by atoms with E-state index in [-0.39, 0.29) is 6.10 Å². The number of carbonyl (C=O) groups is 1. The molecule has 25 heavy (non-hydrogen) atoms. The minimum absolute atomic E-state index is 0.215. The van der Waals surface area contributed by atoms with Crippen molar-refractivity contribution in [2.75, 3.05) is 29.0 Å². The lowest BCUT2D eigenvalue weighted by Crippen LogP contribution is -2.41. The van der Waals surface area contributed by atoms with Crippen LogP contribution >= 0.6 is 0 Å². The molecule has 132 valence electrons. The van der Waals surface area contributed by atoms with Gasteiger partial charge in [-0.2, -0.15) is 0 Å². The fourth-order valence-electron chi connectivity index (χ4n) is 3.03. The molecule has 2 aromatic rings. The van der Waals surface area contributed by atoms with E-state index in [1.165, 1.54) is 5.56 Å². The number of amides is 1. The summed E-state index contributed by atoms with van der Waals surface area (Å²) in [6.07, 6.45) is 2.48. The molecule has 0 bridgehead atoms. The fraction of sp³-hybridized carbons (Fsp3) is 0.333. The highest BCUT2D eigenvalue weighted by molar-refractivity contribution is 5.81. The summed E-state index contributed by atoms with van der Waals surface area (Å²) in [5.41, 5.74) is 15.0. The second kappa shape index (κ2) is 7.29. The number of piperidine rings is 1. The summed E-state index contributed by atoms with van der Waals surface area (Å²) in [4.78, 5) is 17.5. The van der Waals surface area contributed by atoms with Gasteiger partial charge >= 0.3 is 6.09 Å². The summed E-state index contributed by atoms with van der Waals surface area (Å²) in [6.45, 7) is 3.45. The Hall–Kier alpha value is -2.96. The molecule has 1 aliphatic heterocycles. The van der Waals surface area contributed by atoms with Gasteiger partial charge in [-0.1, -0.05) is 17.7 Å². The number of nitrogens with two attached hydrogens (primary N) is 2. The van der Waals surface area contributed by atoms with Crippen LogP contribution in [0.1, 0.15) is 18.4 Å². The van der Waals surface area contributed by atoms with Crippen LogP contribution in [0.5, 0.6) is 0 Å². The van der Waals surface area contributed by atoms with Crippen LogP contribution in [0.3, 0.4) is 0 Å². The van der Waals surface area contributed by atoms with E-state index in [0.717, 1.165) is 30.8 Å². The number of ether oxygens (including phenoxy) is 1. The van der Waals surface area contributed by atoms with E-state index in [1.54, 1.807) is 6.20 Å². The number of primary amides is 1. The minimum Gasteiger partial charge on any atom is -0.445 e. The number of anilines is 4. The molecule has 1 saturated heterocycles. The van der Waals surface area contributed by atoms with Gasteiger partial charge in [-0.25, -0.2) is 9.78 Å². The van der Waals surface area contributed by atoms with E-state index < -0.39 is 6.09 Å². The zero-order valence-electron chi connectivity index (χ0n) is 14.2. The van der Waals surface area contributed by atoms with Gasteiger partial charge in [0, 0.05) is 18.4 Å². The Labute approximate surface area is 147 Å². The molecular formula is C18H23N5O2. The van der Waals surface area contributed by atoms with Gasteiger partial charge in [0.1, 0.15) is 6.10 Å². The first kappa shape index (κ1) is 16.9. The second-order valence-electron chi connectivity index (χ2n) is 6.23. The first-order valence-electron chi connectivity index (χ1n) is 8.32. The van der Waals surface area contributed by atoms with Crippen molar-refractivity contribution >= 4 is 29.0 Å². The first-order chi connectivity index (χ1) is 12.0. The first-order valence-corrected chi connectivity index (χ1v) is 8.32. The Morgan fingerprint density at radius 1 is 1.32 bits per heavy atom. The molecule has 0 aliphatic carbocycles. The predicted octanol–water partition coefficient (Wildman–Crippen LogP) is 2.78. The number of nitrogens with one attached hydrogen (secondary N) is 1. The molecule has 3 rings (SSSR count). The lowest BCUT2D eigenvalue weighted by Gasteiger charge is -2.34. The number of carbonyl (C=O) groups excluding carboxylic acids is 1. The minimum atomic E-state index is -0.740. The summed E-state index contributed by atoms with van der Waals surface area (Å²) in [5.74, 6) is 0.610. The summed E-state index contributed by atoms with van der Waals surface area (Å²) in [7, 11) is 0. The molecule has 1 atom stereocenters. The van der Waals surface area contributed by atoms with Crippen molar-refractivity contribution in [3.05, 3.63) is 42.1 Å². The molecule has 0 spiro atoms. The summed E-state index contributed by atoms with van der Waals surface area (Å²) in [6, 6.07) is 9.90. The molecule has 1 fully saturated rings. The lowest BCUT2D eigenvalue weighted by molar-refractivity contribution is 0.0966. The van der Waals surface area contributed by atoms with E-state index in [4.69, 9.17) is 16.2 Å². The number of nitrogen functional groups attached to an aromatic ring is 1. The Bertz CT molecular complexity index is 748. The highest BCUT2D eigenvalue weighted by Crippen LogP contribution is 2.32. The average molecular weight is 341 g/mol. The predicted molar refractivity (Wildman–Crippen MR) is 99.0 cm³/mol. The monoisotopic (exact) mass is 341 g/mol. The van der Waals surface area contributed by atoms with Crippen molar-refractivity contribution < 1.29 is 9.53 Å². The molecule has 5 N–H and O–H groups in total. The Balaban J connectivity index is 1.78. The Kier molecular flexibility index (Phi) is 4.92. The van der Waals surface area contributed by atoms with Crippen molar-refractivity contribution in [1.29, 1.82) is 0 Å². The van der Waals surface area contributed by atoms with Crippen LogP contribution < -0.4 is 21.7 Å². The smallest absolute Gasteiger partial charge is 0.404 e. The van der Waals surface area contributed by atoms with Crippen molar-refractivity contribution in [3.8, 4) is 0 Å². The molecule has 1 aliphatic rings. The number of aromatic nitrogens is 1. The highest BCUT2D eigenvalue weighted by atomic mass is 16.6. The van der Waals surface area contributed by atoms with Gasteiger partial charge in [-0.3, -0.25) is 0 Å². The quantitative estimate of drug-likeness (QED) is 0.789. The third-order valence-corrected chi connectivity index (χ3v) is 4.28. The lowest BCUT2D eigenvalue weighted by atomic mass is 10.1. The van der Waals surface area contributed by atoms with Crippen LogP contribution in [0.2, 0.25) is 0 Å². The second-order valence-corrected chi connectivity index (χ2v) is 6.23. The van der Waals surface area contributed by atoms with Crippen LogP contribution in [0.25, 0.3) is 0 Å². The van der Waals surface area contributed by atoms with E-state index in [9.17, 15) is 4.79 Å². The maximum absolute atomic E-state index is 11.0. The van der Waals surface area contributed by atoms with Gasteiger partial charge < -0.3 is 26.4 Å². The number of rotatable bonds is 4. The van der Waals surface area contributed by atoms with Crippen LogP contribution in [-0.2, 0) is 4.74 Å². The van der Waals surface area contributed by atoms with Crippen LogP contribution in [0.15, 0.2) is 36.5 Å². The maximum Gasteiger partial charge on any atom is 0.404 e. The summed E-state index contributed by atoms with van der Waals surface area (Å²) < 4.78 is 5.14. The largest absolute Gasteiger partial charge is 0.445 e. The standard InChI is InChI=1S/C18H23N5O2/c1-12-4-6-13(7-5-12)22-17-16(19)15(8-9-21-17)23-10-2-3-14(11-23)25-18(20)24/h4-9,14H,2-3,10-11,19H2,1H3,(H2,20,24)(H,21,22). The normalized spacial score (nSPS) is 17.2. The zero-order chi connectivity index (χ0) is 17.8. The van der Waals surface area contributed by atoms with Crippen molar-refractivity contribution in [2.24, 2.45) is 5.73 Å². The van der Waals surface area contributed by atoms with Crippen LogP contribution in [0, 0.1) is 6.92 Å². The molecule has 1 amide bonds. The molecule has 2 heterocycles. The van der Waals surface area contributed by atoms with Gasteiger partial charge in [-0.05, 0) is 38.0 Å². The molecular weight excluding hydrogens is 318 g/mol. The fourth-order valence-corrected chi connectivity index (χ4v) is 3.03. The zero-order valence-corrected chi connectivity index (χ0v) is 14.2. The molecule has 0 radical (unpaired) electrons. The summed E-state index contributed by atoms with van der Waals surface area (Å²) in [5, 5.41) is 3.25. The van der Waals surface area contributed by atoms with Crippen molar-refractivity contribution in [3.63, 3.8) is 0 Å². The van der Waals surface area contributed by atoms with E-state index in [2.05, 4.69) is 15.2 Å².